The summed E-state index contributed by atoms with van der Waals surface area (Å²) in [5.41, 5.74) is 1.47. The molecule has 0 aliphatic carbocycles. The van der Waals surface area contributed by atoms with Crippen LogP contribution in [0, 0.1) is 6.92 Å². The van der Waals surface area contributed by atoms with Crippen LogP contribution in [0.1, 0.15) is 35.6 Å². The third kappa shape index (κ3) is 5.43. The van der Waals surface area contributed by atoms with Gasteiger partial charge in [0.1, 0.15) is 9.88 Å². The number of aryl methyl sites for hydroxylation is 1. The molecular formula is C19H24N2O5S. The van der Waals surface area contributed by atoms with Gasteiger partial charge in [-0.3, -0.25) is 9.59 Å². The van der Waals surface area contributed by atoms with Crippen molar-refractivity contribution in [3.8, 4) is 22.1 Å². The molecule has 0 aliphatic heterocycles. The van der Waals surface area contributed by atoms with Crippen LogP contribution in [-0.4, -0.2) is 43.7 Å². The zero-order valence-corrected chi connectivity index (χ0v) is 16.9. The summed E-state index contributed by atoms with van der Waals surface area (Å²) < 4.78 is 15.6. The molecule has 1 heterocycles. The van der Waals surface area contributed by atoms with Crippen molar-refractivity contribution in [3.05, 3.63) is 28.8 Å². The predicted molar refractivity (Wildman–Crippen MR) is 104 cm³/mol. The first-order chi connectivity index (χ1) is 12.8. The van der Waals surface area contributed by atoms with E-state index in [4.69, 9.17) is 14.2 Å². The fourth-order valence-electron chi connectivity index (χ4n) is 2.38. The van der Waals surface area contributed by atoms with E-state index >= 15 is 0 Å². The number of rotatable bonds is 8. The number of amides is 1. The van der Waals surface area contributed by atoms with Crippen molar-refractivity contribution in [3.63, 3.8) is 0 Å². The Bertz CT molecular complexity index is 816. The lowest BCUT2D eigenvalue weighted by Gasteiger charge is -2.08. The molecule has 146 valence electrons. The second-order valence-electron chi connectivity index (χ2n) is 6.05. The third-order valence-corrected chi connectivity index (χ3v) is 4.82. The monoisotopic (exact) mass is 392 g/mol. The van der Waals surface area contributed by atoms with E-state index in [0.717, 1.165) is 5.56 Å². The molecule has 0 atom stereocenters. The van der Waals surface area contributed by atoms with E-state index in [1.165, 1.54) is 11.3 Å². The van der Waals surface area contributed by atoms with Gasteiger partial charge in [0.15, 0.2) is 11.5 Å². The standard InChI is InChI=1S/C19H24N2O5S/c1-11(2)26-16(22)8-9-20-18(23)17-12(3)21-19(27-17)13-6-7-14(24-4)15(10-13)25-5/h6-7,10-11H,8-9H2,1-5H3,(H,20,23). The lowest BCUT2D eigenvalue weighted by atomic mass is 10.2. The minimum Gasteiger partial charge on any atom is -0.493 e. The highest BCUT2D eigenvalue weighted by atomic mass is 32.1. The number of nitrogens with one attached hydrogen (secondary N) is 1. The number of aromatic nitrogens is 1. The zero-order valence-electron chi connectivity index (χ0n) is 16.1. The van der Waals surface area contributed by atoms with Crippen molar-refractivity contribution in [2.24, 2.45) is 0 Å². The maximum absolute atomic E-state index is 12.4. The number of methoxy groups -OCH3 is 2. The number of ether oxygens (including phenoxy) is 3. The molecule has 0 saturated heterocycles. The van der Waals surface area contributed by atoms with E-state index in [2.05, 4.69) is 10.3 Å². The molecular weight excluding hydrogens is 368 g/mol. The molecule has 0 spiro atoms. The summed E-state index contributed by atoms with van der Waals surface area (Å²) in [7, 11) is 3.14. The first-order valence-electron chi connectivity index (χ1n) is 8.53. The number of hydrogen-bond acceptors (Lipinski definition) is 7. The number of benzene rings is 1. The second-order valence-corrected chi connectivity index (χ2v) is 7.05. The van der Waals surface area contributed by atoms with Gasteiger partial charge >= 0.3 is 5.97 Å². The summed E-state index contributed by atoms with van der Waals surface area (Å²) in [4.78, 5) is 28.9. The molecule has 8 heteroatoms. The van der Waals surface area contributed by atoms with Gasteiger partial charge in [0.25, 0.3) is 5.91 Å². The van der Waals surface area contributed by atoms with Crippen molar-refractivity contribution < 1.29 is 23.8 Å². The quantitative estimate of drug-likeness (QED) is 0.694. The molecule has 0 radical (unpaired) electrons. The van der Waals surface area contributed by atoms with Crippen molar-refractivity contribution in [2.75, 3.05) is 20.8 Å². The van der Waals surface area contributed by atoms with E-state index in [-0.39, 0.29) is 30.9 Å². The van der Waals surface area contributed by atoms with E-state index in [1.807, 2.05) is 12.1 Å². The van der Waals surface area contributed by atoms with Crippen LogP contribution in [0.15, 0.2) is 18.2 Å². The van der Waals surface area contributed by atoms with Crippen molar-refractivity contribution in [1.82, 2.24) is 10.3 Å². The zero-order chi connectivity index (χ0) is 20.0. The molecule has 1 aromatic carbocycles. The van der Waals surface area contributed by atoms with Crippen molar-refractivity contribution >= 4 is 23.2 Å². The SMILES string of the molecule is COc1ccc(-c2nc(C)c(C(=O)NCCC(=O)OC(C)C)s2)cc1OC. The molecule has 0 aliphatic rings. The summed E-state index contributed by atoms with van der Waals surface area (Å²) in [5.74, 6) is 0.629. The molecule has 7 nitrogen and oxygen atoms in total. The Kier molecular flexibility index (Phi) is 7.18. The Morgan fingerprint density at radius 1 is 1.19 bits per heavy atom. The highest BCUT2D eigenvalue weighted by Crippen LogP contribution is 2.34. The first kappa shape index (κ1) is 20.7. The Labute approximate surface area is 162 Å². The molecule has 0 bridgehead atoms. The maximum Gasteiger partial charge on any atom is 0.307 e. The molecule has 2 aromatic rings. The Balaban J connectivity index is 2.07. The average molecular weight is 392 g/mol. The number of hydrogen-bond donors (Lipinski definition) is 1. The summed E-state index contributed by atoms with van der Waals surface area (Å²) in [6.45, 7) is 5.57. The van der Waals surface area contributed by atoms with Gasteiger partial charge in [0.2, 0.25) is 0 Å². The number of thiazole rings is 1. The number of nitrogens with zero attached hydrogens (tertiary/aromatic N) is 1. The van der Waals surface area contributed by atoms with Gasteiger partial charge in [-0.15, -0.1) is 11.3 Å². The van der Waals surface area contributed by atoms with E-state index in [0.29, 0.717) is 27.1 Å². The fraction of sp³-hybridized carbons (Fsp3) is 0.421. The summed E-state index contributed by atoms with van der Waals surface area (Å²) in [5, 5.41) is 3.44. The van der Waals surface area contributed by atoms with Gasteiger partial charge in [-0.25, -0.2) is 4.98 Å². The predicted octanol–water partition coefficient (Wildman–Crippen LogP) is 3.21. The van der Waals surface area contributed by atoms with Crippen LogP contribution in [-0.2, 0) is 9.53 Å². The Hall–Kier alpha value is -2.61. The number of esters is 1. The molecule has 0 fully saturated rings. The molecule has 0 saturated carbocycles. The van der Waals surface area contributed by atoms with Crippen LogP contribution in [0.25, 0.3) is 10.6 Å². The Morgan fingerprint density at radius 3 is 2.52 bits per heavy atom. The van der Waals surface area contributed by atoms with Gasteiger partial charge in [0, 0.05) is 12.1 Å². The summed E-state index contributed by atoms with van der Waals surface area (Å²) in [6, 6.07) is 5.48. The van der Waals surface area contributed by atoms with Crippen LogP contribution in [0.2, 0.25) is 0 Å². The van der Waals surface area contributed by atoms with Crippen LogP contribution < -0.4 is 14.8 Å². The largest absolute Gasteiger partial charge is 0.493 e. The van der Waals surface area contributed by atoms with E-state index < -0.39 is 0 Å². The average Bonchev–Trinajstić information content (AvgIpc) is 3.02. The van der Waals surface area contributed by atoms with Gasteiger partial charge < -0.3 is 19.5 Å². The molecule has 27 heavy (non-hydrogen) atoms. The number of carbonyl (C=O) groups excluding carboxylic acids is 2. The fourth-order valence-corrected chi connectivity index (χ4v) is 3.36. The maximum atomic E-state index is 12.4. The topological polar surface area (TPSA) is 86.8 Å². The van der Waals surface area contributed by atoms with E-state index in [9.17, 15) is 9.59 Å². The van der Waals surface area contributed by atoms with Gasteiger partial charge in [0.05, 0.1) is 32.4 Å². The van der Waals surface area contributed by atoms with Crippen LogP contribution in [0.4, 0.5) is 0 Å². The molecule has 1 aromatic heterocycles. The lowest BCUT2D eigenvalue weighted by molar-refractivity contribution is -0.147. The lowest BCUT2D eigenvalue weighted by Crippen LogP contribution is -2.27. The second kappa shape index (κ2) is 9.36. The highest BCUT2D eigenvalue weighted by Gasteiger charge is 2.17. The Morgan fingerprint density at radius 2 is 1.89 bits per heavy atom. The van der Waals surface area contributed by atoms with Crippen LogP contribution >= 0.6 is 11.3 Å². The van der Waals surface area contributed by atoms with Crippen LogP contribution in [0.3, 0.4) is 0 Å². The summed E-state index contributed by atoms with van der Waals surface area (Å²) >= 11 is 1.29. The van der Waals surface area contributed by atoms with Crippen LogP contribution in [0.5, 0.6) is 11.5 Å². The minimum atomic E-state index is -0.336. The smallest absolute Gasteiger partial charge is 0.307 e. The first-order valence-corrected chi connectivity index (χ1v) is 9.34. The summed E-state index contributed by atoms with van der Waals surface area (Å²) in [6.07, 6.45) is -0.0365. The van der Waals surface area contributed by atoms with Crippen molar-refractivity contribution in [2.45, 2.75) is 33.3 Å². The number of carbonyl (C=O) groups is 2. The molecule has 0 unspecified atom stereocenters. The van der Waals surface area contributed by atoms with E-state index in [1.54, 1.807) is 41.1 Å². The van der Waals surface area contributed by atoms with Gasteiger partial charge in [-0.05, 0) is 39.0 Å². The normalized spacial score (nSPS) is 10.6. The van der Waals surface area contributed by atoms with Crippen molar-refractivity contribution in [1.29, 1.82) is 0 Å². The minimum absolute atomic E-state index is 0.129. The van der Waals surface area contributed by atoms with Gasteiger partial charge in [-0.1, -0.05) is 0 Å². The molecule has 2 rings (SSSR count). The third-order valence-electron chi connectivity index (χ3n) is 3.62. The van der Waals surface area contributed by atoms with Gasteiger partial charge in [-0.2, -0.15) is 0 Å². The molecule has 1 N–H and O–H groups in total. The highest BCUT2D eigenvalue weighted by molar-refractivity contribution is 7.17. The molecule has 1 amide bonds.